The van der Waals surface area contributed by atoms with Gasteiger partial charge >= 0.3 is 16.1 Å². The summed E-state index contributed by atoms with van der Waals surface area (Å²) in [4.78, 5) is 11.0. The molecule has 0 fully saturated rings. The van der Waals surface area contributed by atoms with E-state index in [9.17, 15) is 13.2 Å². The highest BCUT2D eigenvalue weighted by Gasteiger charge is 2.11. The Bertz CT molecular complexity index is 1130. The van der Waals surface area contributed by atoms with Crippen LogP contribution in [0.15, 0.2) is 48.6 Å². The number of carboxylic acids is 1. The number of aliphatic carboxylic acids is 1. The summed E-state index contributed by atoms with van der Waals surface area (Å²) in [5, 5.41) is 9.01. The van der Waals surface area contributed by atoms with E-state index in [-0.39, 0.29) is 5.75 Å². The van der Waals surface area contributed by atoms with E-state index in [0.29, 0.717) is 30.1 Å². The Balaban J connectivity index is 2.24. The number of carbonyl (C=O) groups is 1. The molecule has 0 aliphatic rings. The van der Waals surface area contributed by atoms with Gasteiger partial charge in [0.2, 0.25) is 0 Å². The summed E-state index contributed by atoms with van der Waals surface area (Å²) < 4.78 is 38.9. The van der Waals surface area contributed by atoms with E-state index < -0.39 is 16.1 Å². The first-order valence-electron chi connectivity index (χ1n) is 10.5. The summed E-state index contributed by atoms with van der Waals surface area (Å²) in [7, 11) is -2.20. The molecule has 1 N–H and O–H groups in total. The topological polar surface area (TPSA) is 99.1 Å². The van der Waals surface area contributed by atoms with Crippen LogP contribution in [0.2, 0.25) is 0 Å². The summed E-state index contributed by atoms with van der Waals surface area (Å²) in [6.45, 7) is 4.40. The van der Waals surface area contributed by atoms with Gasteiger partial charge in [0.25, 0.3) is 0 Å². The molecular formula is C25H30O7S. The molecule has 7 nitrogen and oxygen atoms in total. The van der Waals surface area contributed by atoms with Gasteiger partial charge in [-0.1, -0.05) is 43.7 Å². The van der Waals surface area contributed by atoms with Crippen molar-refractivity contribution in [1.82, 2.24) is 0 Å². The molecule has 0 aliphatic heterocycles. The van der Waals surface area contributed by atoms with Crippen molar-refractivity contribution in [2.45, 2.75) is 33.1 Å². The molecule has 0 saturated carbocycles. The first kappa shape index (κ1) is 26.0. The second-order valence-corrected chi connectivity index (χ2v) is 9.07. The minimum atomic E-state index is -3.65. The molecule has 0 radical (unpaired) electrons. The smallest absolute Gasteiger partial charge is 0.328 e. The zero-order valence-corrected chi connectivity index (χ0v) is 20.1. The first-order valence-corrected chi connectivity index (χ1v) is 12.4. The predicted octanol–water partition coefficient (Wildman–Crippen LogP) is 4.96. The number of unbranched alkanes of at least 4 members (excludes halogenated alkanes) is 1. The minimum Gasteiger partial charge on any atom is -0.493 e. The predicted molar refractivity (Wildman–Crippen MR) is 129 cm³/mol. The Labute approximate surface area is 195 Å². The lowest BCUT2D eigenvalue weighted by atomic mass is 10.0. The minimum absolute atomic E-state index is 0.139. The average molecular weight is 475 g/mol. The number of benzene rings is 2. The van der Waals surface area contributed by atoms with Crippen LogP contribution in [0.4, 0.5) is 0 Å². The van der Waals surface area contributed by atoms with Gasteiger partial charge in [0.15, 0.2) is 11.5 Å². The number of hydrogen-bond donors (Lipinski definition) is 1. The lowest BCUT2D eigenvalue weighted by Gasteiger charge is -2.12. The van der Waals surface area contributed by atoms with Crippen LogP contribution >= 0.6 is 0 Å². The summed E-state index contributed by atoms with van der Waals surface area (Å²) in [6, 6.07) is 10.7. The highest BCUT2D eigenvalue weighted by Crippen LogP contribution is 2.30. The van der Waals surface area contributed by atoms with Crippen LogP contribution in [-0.4, -0.2) is 39.5 Å². The van der Waals surface area contributed by atoms with Crippen molar-refractivity contribution in [3.05, 3.63) is 65.2 Å². The van der Waals surface area contributed by atoms with E-state index in [1.165, 1.54) is 13.2 Å². The zero-order chi connectivity index (χ0) is 24.4. The van der Waals surface area contributed by atoms with Crippen LogP contribution in [0.1, 0.15) is 43.4 Å². The van der Waals surface area contributed by atoms with Crippen molar-refractivity contribution in [1.29, 1.82) is 0 Å². The Morgan fingerprint density at radius 1 is 1.09 bits per heavy atom. The van der Waals surface area contributed by atoms with E-state index in [0.717, 1.165) is 35.8 Å². The fourth-order valence-electron chi connectivity index (χ4n) is 3.03. The summed E-state index contributed by atoms with van der Waals surface area (Å²) >= 11 is 0. The van der Waals surface area contributed by atoms with Gasteiger partial charge in [-0.15, -0.1) is 0 Å². The third-order valence-electron chi connectivity index (χ3n) is 4.68. The molecule has 2 aromatic carbocycles. The lowest BCUT2D eigenvalue weighted by molar-refractivity contribution is -0.131. The molecule has 33 heavy (non-hydrogen) atoms. The number of carboxylic acid groups (broad SMARTS) is 1. The third-order valence-corrected chi connectivity index (χ3v) is 5.17. The van der Waals surface area contributed by atoms with E-state index >= 15 is 0 Å². The molecule has 0 aliphatic carbocycles. The quantitative estimate of drug-likeness (QED) is 0.264. The molecule has 0 unspecified atom stereocenters. The molecule has 0 bridgehead atoms. The molecule has 8 heteroatoms. The van der Waals surface area contributed by atoms with Crippen LogP contribution in [0, 0.1) is 0 Å². The van der Waals surface area contributed by atoms with Crippen LogP contribution in [0.5, 0.6) is 17.2 Å². The molecule has 2 rings (SSSR count). The Hall–Kier alpha value is -3.26. The van der Waals surface area contributed by atoms with Crippen molar-refractivity contribution in [3.63, 3.8) is 0 Å². The average Bonchev–Trinajstić information content (AvgIpc) is 2.74. The number of ether oxygens (including phenoxy) is 2. The number of methoxy groups -OCH3 is 1. The van der Waals surface area contributed by atoms with Gasteiger partial charge in [0.05, 0.1) is 20.0 Å². The normalized spacial score (nSPS) is 12.1. The zero-order valence-electron chi connectivity index (χ0n) is 19.3. The number of rotatable bonds is 12. The van der Waals surface area contributed by atoms with Crippen LogP contribution < -0.4 is 13.7 Å². The van der Waals surface area contributed by atoms with E-state index in [2.05, 4.69) is 6.92 Å². The van der Waals surface area contributed by atoms with Crippen LogP contribution in [-0.2, 0) is 21.3 Å². The summed E-state index contributed by atoms with van der Waals surface area (Å²) in [5.41, 5.74) is 3.21. The molecule has 0 heterocycles. The molecule has 2 aromatic rings. The Morgan fingerprint density at radius 3 is 2.48 bits per heavy atom. The first-order chi connectivity index (χ1) is 15.6. The molecular weight excluding hydrogens is 444 g/mol. The molecule has 178 valence electrons. The molecule has 0 aromatic heterocycles. The standard InChI is InChI=1S/C25H30O7S/c1-5-6-14-31-23-17-21(18(2)15-25(26)27)12-11-20(23)9-7-8-19-10-13-22(24(16-19)30-3)32-33(4,28)29/h7,9-13,15-17H,5-6,8,14H2,1-4H3,(H,26,27). The fraction of sp³-hybridized carbons (Fsp3) is 0.320. The van der Waals surface area contributed by atoms with Gasteiger partial charge in [-0.3, -0.25) is 0 Å². The van der Waals surface area contributed by atoms with E-state index in [1.807, 2.05) is 30.4 Å². The second-order valence-electron chi connectivity index (χ2n) is 7.50. The van der Waals surface area contributed by atoms with Gasteiger partial charge in [0.1, 0.15) is 5.75 Å². The highest BCUT2D eigenvalue weighted by atomic mass is 32.2. The SMILES string of the molecule is CCCCOc1cc(C(C)=CC(=O)O)ccc1C=CCc1ccc(OS(C)(=O)=O)c(OC)c1. The maximum atomic E-state index is 11.4. The third kappa shape index (κ3) is 8.65. The molecule has 0 amide bonds. The fourth-order valence-corrected chi connectivity index (χ4v) is 3.49. The Kier molecular flexibility index (Phi) is 9.54. The van der Waals surface area contributed by atoms with E-state index in [4.69, 9.17) is 18.8 Å². The van der Waals surface area contributed by atoms with Crippen LogP contribution in [0.25, 0.3) is 11.6 Å². The maximum Gasteiger partial charge on any atom is 0.328 e. The van der Waals surface area contributed by atoms with Gasteiger partial charge in [-0.05, 0) is 54.7 Å². The van der Waals surface area contributed by atoms with Gasteiger partial charge in [0, 0.05) is 11.6 Å². The lowest BCUT2D eigenvalue weighted by Crippen LogP contribution is -2.07. The van der Waals surface area contributed by atoms with Crippen molar-refractivity contribution in [2.24, 2.45) is 0 Å². The maximum absolute atomic E-state index is 11.4. The van der Waals surface area contributed by atoms with Crippen molar-refractivity contribution in [2.75, 3.05) is 20.0 Å². The van der Waals surface area contributed by atoms with Crippen LogP contribution in [0.3, 0.4) is 0 Å². The Morgan fingerprint density at radius 2 is 1.85 bits per heavy atom. The highest BCUT2D eigenvalue weighted by molar-refractivity contribution is 7.86. The monoisotopic (exact) mass is 474 g/mol. The number of allylic oxidation sites excluding steroid dienone is 2. The summed E-state index contributed by atoms with van der Waals surface area (Å²) in [6.07, 6.45) is 8.55. The van der Waals surface area contributed by atoms with Gasteiger partial charge in [-0.2, -0.15) is 8.42 Å². The van der Waals surface area contributed by atoms with Crippen molar-refractivity contribution in [3.8, 4) is 17.2 Å². The molecule has 0 atom stereocenters. The van der Waals surface area contributed by atoms with Crippen molar-refractivity contribution < 1.29 is 32.0 Å². The largest absolute Gasteiger partial charge is 0.493 e. The van der Waals surface area contributed by atoms with Gasteiger partial charge < -0.3 is 18.8 Å². The van der Waals surface area contributed by atoms with E-state index in [1.54, 1.807) is 25.1 Å². The summed E-state index contributed by atoms with van der Waals surface area (Å²) in [5.74, 6) is 0.165. The van der Waals surface area contributed by atoms with Gasteiger partial charge in [-0.25, -0.2) is 4.79 Å². The second kappa shape index (κ2) is 12.1. The molecule has 0 spiro atoms. The van der Waals surface area contributed by atoms with Crippen molar-refractivity contribution >= 4 is 27.7 Å². The molecule has 0 saturated heterocycles. The number of hydrogen-bond acceptors (Lipinski definition) is 6.